The standard InChI is InChI=1S/C6H4I2S/c7-4-1-2-6(9)5(8)3-4/h1-3,9H. The summed E-state index contributed by atoms with van der Waals surface area (Å²) in [7, 11) is 0. The summed E-state index contributed by atoms with van der Waals surface area (Å²) in [6, 6.07) is 6.15. The van der Waals surface area contributed by atoms with Gasteiger partial charge in [-0.2, -0.15) is 0 Å². The lowest BCUT2D eigenvalue weighted by molar-refractivity contribution is 1.39. The van der Waals surface area contributed by atoms with Gasteiger partial charge in [0.05, 0.1) is 0 Å². The molecule has 0 saturated carbocycles. The molecule has 48 valence electrons. The van der Waals surface area contributed by atoms with Crippen LogP contribution in [0.15, 0.2) is 23.1 Å². The molecule has 0 aliphatic rings. The quantitative estimate of drug-likeness (QED) is 0.532. The number of thiol groups is 1. The second-order valence-electron chi connectivity index (χ2n) is 1.60. The molecule has 1 rings (SSSR count). The number of hydrogen-bond donors (Lipinski definition) is 1. The van der Waals surface area contributed by atoms with Crippen molar-refractivity contribution in [3.05, 3.63) is 25.3 Å². The number of rotatable bonds is 0. The summed E-state index contributed by atoms with van der Waals surface area (Å²) in [6.07, 6.45) is 0. The van der Waals surface area contributed by atoms with Gasteiger partial charge in [-0.3, -0.25) is 0 Å². The van der Waals surface area contributed by atoms with E-state index in [9.17, 15) is 0 Å². The predicted octanol–water partition coefficient (Wildman–Crippen LogP) is 3.18. The maximum Gasteiger partial charge on any atom is 0.0274 e. The monoisotopic (exact) mass is 362 g/mol. The molecule has 0 saturated heterocycles. The van der Waals surface area contributed by atoms with Crippen LogP contribution in [0.3, 0.4) is 0 Å². The molecule has 0 fully saturated rings. The third-order valence-electron chi connectivity index (χ3n) is 0.910. The molecule has 0 unspecified atom stereocenters. The van der Waals surface area contributed by atoms with Gasteiger partial charge in [0.25, 0.3) is 0 Å². The normalized spacial score (nSPS) is 9.67. The molecule has 0 aliphatic heterocycles. The van der Waals surface area contributed by atoms with Crippen molar-refractivity contribution in [1.29, 1.82) is 0 Å². The molecule has 1 aromatic rings. The second kappa shape index (κ2) is 3.43. The Hall–Kier alpha value is 1.03. The van der Waals surface area contributed by atoms with E-state index in [-0.39, 0.29) is 0 Å². The van der Waals surface area contributed by atoms with E-state index in [1.54, 1.807) is 0 Å². The number of halogens is 2. The zero-order chi connectivity index (χ0) is 6.85. The zero-order valence-electron chi connectivity index (χ0n) is 4.44. The molecule has 0 spiro atoms. The van der Waals surface area contributed by atoms with Crippen molar-refractivity contribution in [2.24, 2.45) is 0 Å². The van der Waals surface area contributed by atoms with Crippen LogP contribution in [-0.2, 0) is 0 Å². The van der Waals surface area contributed by atoms with E-state index in [4.69, 9.17) is 0 Å². The molecule has 0 N–H and O–H groups in total. The molecule has 1 aromatic carbocycles. The minimum atomic E-state index is 1.05. The molecule has 3 heteroatoms. The topological polar surface area (TPSA) is 0 Å². The highest BCUT2D eigenvalue weighted by Gasteiger charge is 1.92. The van der Waals surface area contributed by atoms with E-state index in [0.717, 1.165) is 4.90 Å². The molecule has 0 aromatic heterocycles. The SMILES string of the molecule is Sc1ccc(I)cc1I. The van der Waals surface area contributed by atoms with Crippen LogP contribution >= 0.6 is 57.8 Å². The molecule has 0 aliphatic carbocycles. The van der Waals surface area contributed by atoms with Gasteiger partial charge in [-0.25, -0.2) is 0 Å². The van der Waals surface area contributed by atoms with Crippen LogP contribution in [0, 0.1) is 7.14 Å². The van der Waals surface area contributed by atoms with Crippen molar-refractivity contribution < 1.29 is 0 Å². The lowest BCUT2D eigenvalue weighted by Crippen LogP contribution is -1.75. The van der Waals surface area contributed by atoms with Crippen molar-refractivity contribution >= 4 is 57.8 Å². The van der Waals surface area contributed by atoms with Crippen molar-refractivity contribution in [2.75, 3.05) is 0 Å². The van der Waals surface area contributed by atoms with E-state index in [1.165, 1.54) is 7.14 Å². The summed E-state index contributed by atoms with van der Waals surface area (Å²) in [4.78, 5) is 1.05. The first-order chi connectivity index (χ1) is 4.20. The van der Waals surface area contributed by atoms with Crippen LogP contribution in [0.5, 0.6) is 0 Å². The largest absolute Gasteiger partial charge is 0.142 e. The summed E-state index contributed by atoms with van der Waals surface area (Å²) in [5, 5.41) is 0. The summed E-state index contributed by atoms with van der Waals surface area (Å²) in [5.74, 6) is 0. The van der Waals surface area contributed by atoms with E-state index in [1.807, 2.05) is 12.1 Å². The Balaban J connectivity index is 3.17. The van der Waals surface area contributed by atoms with Crippen LogP contribution < -0.4 is 0 Å². The van der Waals surface area contributed by atoms with Crippen LogP contribution in [0.2, 0.25) is 0 Å². The molecule has 0 atom stereocenters. The molecule has 0 nitrogen and oxygen atoms in total. The summed E-state index contributed by atoms with van der Waals surface area (Å²) < 4.78 is 2.47. The average Bonchev–Trinajstić information content (AvgIpc) is 1.80. The van der Waals surface area contributed by atoms with E-state index < -0.39 is 0 Å². The third kappa shape index (κ3) is 2.27. The Bertz CT molecular complexity index is 222. The van der Waals surface area contributed by atoms with Crippen LogP contribution in [0.1, 0.15) is 0 Å². The molecule has 0 heterocycles. The fraction of sp³-hybridized carbons (Fsp3) is 0. The van der Waals surface area contributed by atoms with Crippen molar-refractivity contribution in [3.63, 3.8) is 0 Å². The first-order valence-electron chi connectivity index (χ1n) is 2.34. The maximum atomic E-state index is 4.23. The van der Waals surface area contributed by atoms with Crippen molar-refractivity contribution in [1.82, 2.24) is 0 Å². The van der Waals surface area contributed by atoms with Gasteiger partial charge >= 0.3 is 0 Å². The molecular formula is C6H4I2S. The highest BCUT2D eigenvalue weighted by molar-refractivity contribution is 14.1. The highest BCUT2D eigenvalue weighted by Crippen LogP contribution is 2.18. The summed E-state index contributed by atoms with van der Waals surface area (Å²) in [6.45, 7) is 0. The van der Waals surface area contributed by atoms with Gasteiger partial charge in [-0.05, 0) is 63.4 Å². The van der Waals surface area contributed by atoms with E-state index >= 15 is 0 Å². The smallest absolute Gasteiger partial charge is 0.0274 e. The molecule has 0 radical (unpaired) electrons. The van der Waals surface area contributed by atoms with Crippen molar-refractivity contribution in [3.8, 4) is 0 Å². The lowest BCUT2D eigenvalue weighted by atomic mass is 10.4. The average molecular weight is 362 g/mol. The highest BCUT2D eigenvalue weighted by atomic mass is 127. The van der Waals surface area contributed by atoms with E-state index in [0.29, 0.717) is 0 Å². The van der Waals surface area contributed by atoms with Crippen LogP contribution in [0.25, 0.3) is 0 Å². The molecule has 9 heavy (non-hydrogen) atoms. The van der Waals surface area contributed by atoms with Gasteiger partial charge in [0.2, 0.25) is 0 Å². The Morgan fingerprint density at radius 2 is 1.89 bits per heavy atom. The lowest BCUT2D eigenvalue weighted by Gasteiger charge is -1.94. The maximum absolute atomic E-state index is 4.23. The van der Waals surface area contributed by atoms with Crippen LogP contribution in [0.4, 0.5) is 0 Å². The fourth-order valence-corrected chi connectivity index (χ4v) is 2.22. The number of hydrogen-bond acceptors (Lipinski definition) is 1. The zero-order valence-corrected chi connectivity index (χ0v) is 9.64. The Morgan fingerprint density at radius 3 is 2.33 bits per heavy atom. The Labute approximate surface area is 87.1 Å². The minimum Gasteiger partial charge on any atom is -0.142 e. The predicted molar refractivity (Wildman–Crippen MR) is 59.1 cm³/mol. The van der Waals surface area contributed by atoms with Crippen molar-refractivity contribution in [2.45, 2.75) is 4.90 Å². The fourth-order valence-electron chi connectivity index (χ4n) is 0.481. The van der Waals surface area contributed by atoms with Gasteiger partial charge in [-0.1, -0.05) is 0 Å². The Kier molecular flexibility index (Phi) is 3.10. The van der Waals surface area contributed by atoms with Gasteiger partial charge < -0.3 is 0 Å². The molecular weight excluding hydrogens is 358 g/mol. The van der Waals surface area contributed by atoms with Gasteiger partial charge in [-0.15, -0.1) is 12.6 Å². The van der Waals surface area contributed by atoms with Gasteiger partial charge in [0.1, 0.15) is 0 Å². The second-order valence-corrected chi connectivity index (χ2v) is 4.49. The van der Waals surface area contributed by atoms with E-state index in [2.05, 4.69) is 63.9 Å². The first-order valence-corrected chi connectivity index (χ1v) is 4.94. The van der Waals surface area contributed by atoms with Crippen LogP contribution in [-0.4, -0.2) is 0 Å². The molecule has 0 amide bonds. The minimum absolute atomic E-state index is 1.05. The third-order valence-corrected chi connectivity index (χ3v) is 3.29. The Morgan fingerprint density at radius 1 is 1.22 bits per heavy atom. The molecule has 0 bridgehead atoms. The van der Waals surface area contributed by atoms with Gasteiger partial charge in [0.15, 0.2) is 0 Å². The summed E-state index contributed by atoms with van der Waals surface area (Å²) in [5.41, 5.74) is 0. The number of benzene rings is 1. The first kappa shape index (κ1) is 8.13. The van der Waals surface area contributed by atoms with Gasteiger partial charge in [0, 0.05) is 12.0 Å². The summed E-state index contributed by atoms with van der Waals surface area (Å²) >= 11 is 8.79.